The summed E-state index contributed by atoms with van der Waals surface area (Å²) in [5.41, 5.74) is 17.6. The van der Waals surface area contributed by atoms with Crippen LogP contribution in [-0.2, 0) is 28.4 Å². The van der Waals surface area contributed by atoms with Crippen LogP contribution >= 0.6 is 0 Å². The zero-order valence-electron chi connectivity index (χ0n) is 19.3. The first-order valence-corrected chi connectivity index (χ1v) is 11.3. The van der Waals surface area contributed by atoms with Gasteiger partial charge in [0.15, 0.2) is 11.5 Å². The second-order valence-electron chi connectivity index (χ2n) is 7.39. The molecule has 1 aromatic carbocycles. The third-order valence-corrected chi connectivity index (χ3v) is 5.17. The first kappa shape index (κ1) is 26.8. The zero-order chi connectivity index (χ0) is 24.6. The van der Waals surface area contributed by atoms with E-state index >= 15 is 0 Å². The van der Waals surface area contributed by atoms with Crippen molar-refractivity contribution in [2.45, 2.75) is 24.4 Å². The molecule has 1 aromatic rings. The summed E-state index contributed by atoms with van der Waals surface area (Å²) in [5, 5.41) is 7.28. The van der Waals surface area contributed by atoms with Gasteiger partial charge in [-0.25, -0.2) is 0 Å². The Labute approximate surface area is 202 Å². The monoisotopic (exact) mass is 494 g/mol. The molecule has 3 rings (SSSR count). The average molecular weight is 495 g/mol. The van der Waals surface area contributed by atoms with E-state index in [9.17, 15) is 0 Å². The Balaban J connectivity index is 1.66. The van der Waals surface area contributed by atoms with E-state index in [-0.39, 0.29) is 33.1 Å². The Morgan fingerprint density at radius 1 is 0.657 bits per heavy atom. The van der Waals surface area contributed by atoms with Crippen molar-refractivity contribution in [2.24, 2.45) is 10.2 Å². The highest BCUT2D eigenvalue weighted by molar-refractivity contribution is 5.39. The summed E-state index contributed by atoms with van der Waals surface area (Å²) < 4.78 is 46.0. The maximum Gasteiger partial charge on any atom is 0.161 e. The second-order valence-corrected chi connectivity index (χ2v) is 7.39. The number of rotatable bonds is 4. The van der Waals surface area contributed by atoms with Gasteiger partial charge in [0.1, 0.15) is 32.2 Å². The van der Waals surface area contributed by atoms with Crippen molar-refractivity contribution in [1.82, 2.24) is 0 Å². The van der Waals surface area contributed by atoms with Crippen LogP contribution in [0.3, 0.4) is 0 Å². The quantitative estimate of drug-likeness (QED) is 0.349. The average Bonchev–Trinajstić information content (AvgIpc) is 3.36. The molecule has 0 N–H and O–H groups in total. The molecule has 0 unspecified atom stereocenters. The molecule has 0 saturated carbocycles. The third kappa shape index (κ3) is 9.06. The number of para-hydroxylation sites is 2. The van der Waals surface area contributed by atoms with Gasteiger partial charge < -0.3 is 37.9 Å². The Bertz CT molecular complexity index is 784. The number of ether oxygens (including phenoxy) is 8. The van der Waals surface area contributed by atoms with Gasteiger partial charge >= 0.3 is 0 Å². The molecular weight excluding hydrogens is 464 g/mol. The van der Waals surface area contributed by atoms with Crippen molar-refractivity contribution in [2.75, 3.05) is 72.7 Å². The predicted octanol–water partition coefficient (Wildman–Crippen LogP) is 2.62. The Kier molecular flexibility index (Phi) is 12.2. The fourth-order valence-corrected chi connectivity index (χ4v) is 3.59. The van der Waals surface area contributed by atoms with Crippen LogP contribution in [0.5, 0.6) is 11.5 Å². The first-order chi connectivity index (χ1) is 17.3. The largest absolute Gasteiger partial charge is 0.487 e. The number of nitrogens with zero attached hydrogens (tertiary/aromatic N) is 6. The molecule has 2 aliphatic heterocycles. The molecule has 0 aliphatic carbocycles. The molecule has 0 radical (unpaired) electrons. The maximum atomic E-state index is 8.79. The second kappa shape index (κ2) is 16.0. The zero-order valence-corrected chi connectivity index (χ0v) is 19.3. The van der Waals surface area contributed by atoms with Gasteiger partial charge in [-0.15, -0.1) is 0 Å². The van der Waals surface area contributed by atoms with Crippen LogP contribution in [0.4, 0.5) is 0 Å². The van der Waals surface area contributed by atoms with Crippen molar-refractivity contribution in [1.29, 1.82) is 0 Å². The number of benzene rings is 1. The molecule has 0 aromatic heterocycles. The Morgan fingerprint density at radius 3 is 1.57 bits per heavy atom. The molecule has 14 nitrogen and oxygen atoms in total. The number of hydrogen-bond acceptors (Lipinski definition) is 10. The molecule has 192 valence electrons. The van der Waals surface area contributed by atoms with Gasteiger partial charge in [-0.2, -0.15) is 0 Å². The normalized spacial score (nSPS) is 27.0. The van der Waals surface area contributed by atoms with E-state index in [1.807, 2.05) is 24.3 Å². The van der Waals surface area contributed by atoms with Crippen molar-refractivity contribution in [3.8, 4) is 11.5 Å². The van der Waals surface area contributed by atoms with Crippen LogP contribution in [0.15, 0.2) is 34.5 Å². The minimum Gasteiger partial charge on any atom is -0.487 e. The molecule has 1 saturated heterocycles. The van der Waals surface area contributed by atoms with Gasteiger partial charge in [0.05, 0.1) is 64.9 Å². The molecular formula is C21H30N6O8. The Hall–Kier alpha value is -2.80. The van der Waals surface area contributed by atoms with Crippen LogP contribution < -0.4 is 9.47 Å². The molecule has 2 heterocycles. The fraction of sp³-hybridized carbons (Fsp3) is 0.714. The standard InChI is InChI=1S/C21H30N6O8/c22-26-24-13-18-20-21(35-15-34-20)19(14-25-27-23)33-12-8-29-6-10-31-17-4-2-1-3-16(17)30-9-5-28-7-11-32-18/h1-4,18-21H,5-15H2/t18-,19-,20-,21-/m1/s1. The minimum atomic E-state index is -0.610. The smallest absolute Gasteiger partial charge is 0.161 e. The predicted molar refractivity (Wildman–Crippen MR) is 121 cm³/mol. The van der Waals surface area contributed by atoms with Gasteiger partial charge in [-0.05, 0) is 23.2 Å². The molecule has 0 spiro atoms. The molecule has 35 heavy (non-hydrogen) atoms. The van der Waals surface area contributed by atoms with Gasteiger partial charge in [0.25, 0.3) is 0 Å². The van der Waals surface area contributed by atoms with E-state index in [0.717, 1.165) is 0 Å². The van der Waals surface area contributed by atoms with E-state index in [0.29, 0.717) is 51.1 Å². The van der Waals surface area contributed by atoms with Gasteiger partial charge in [0.2, 0.25) is 0 Å². The van der Waals surface area contributed by atoms with Gasteiger partial charge in [0, 0.05) is 9.82 Å². The number of hydrogen-bond donors (Lipinski definition) is 0. The summed E-state index contributed by atoms with van der Waals surface area (Å²) in [4.78, 5) is 5.65. The van der Waals surface area contributed by atoms with E-state index in [4.69, 9.17) is 49.0 Å². The summed E-state index contributed by atoms with van der Waals surface area (Å²) in [7, 11) is 0. The lowest BCUT2D eigenvalue weighted by Gasteiger charge is -2.30. The lowest BCUT2D eigenvalue weighted by atomic mass is 10.0. The summed E-state index contributed by atoms with van der Waals surface area (Å²) >= 11 is 0. The molecule has 0 amide bonds. The first-order valence-electron chi connectivity index (χ1n) is 11.3. The highest BCUT2D eigenvalue weighted by atomic mass is 16.7. The van der Waals surface area contributed by atoms with Crippen molar-refractivity contribution in [3.05, 3.63) is 45.2 Å². The lowest BCUT2D eigenvalue weighted by Crippen LogP contribution is -2.47. The minimum absolute atomic E-state index is 0.00380. The van der Waals surface area contributed by atoms with Crippen molar-refractivity contribution in [3.63, 3.8) is 0 Å². The molecule has 14 heteroatoms. The third-order valence-electron chi connectivity index (χ3n) is 5.17. The topological polar surface area (TPSA) is 171 Å². The van der Waals surface area contributed by atoms with E-state index in [2.05, 4.69) is 20.1 Å². The van der Waals surface area contributed by atoms with Crippen molar-refractivity contribution < 1.29 is 37.9 Å². The summed E-state index contributed by atoms with van der Waals surface area (Å²) in [6.07, 6.45) is -2.42. The van der Waals surface area contributed by atoms with Gasteiger partial charge in [-0.1, -0.05) is 22.4 Å². The molecule has 4 atom stereocenters. The summed E-state index contributed by atoms with van der Waals surface area (Å²) in [6, 6.07) is 7.37. The molecule has 2 aliphatic rings. The van der Waals surface area contributed by atoms with Crippen LogP contribution in [0.2, 0.25) is 0 Å². The lowest BCUT2D eigenvalue weighted by molar-refractivity contribution is -0.0930. The number of azide groups is 2. The Morgan fingerprint density at radius 2 is 1.11 bits per heavy atom. The van der Waals surface area contributed by atoms with E-state index in [1.165, 1.54) is 0 Å². The summed E-state index contributed by atoms with van der Waals surface area (Å²) in [6.45, 7) is 2.45. The van der Waals surface area contributed by atoms with Crippen molar-refractivity contribution >= 4 is 0 Å². The van der Waals surface area contributed by atoms with E-state index in [1.54, 1.807) is 0 Å². The maximum absolute atomic E-state index is 8.79. The molecule has 0 bridgehead atoms. The number of fused-ring (bicyclic) bond motifs is 2. The van der Waals surface area contributed by atoms with Crippen LogP contribution in [0, 0.1) is 0 Å². The molecule has 1 fully saturated rings. The van der Waals surface area contributed by atoms with Crippen LogP contribution in [0.25, 0.3) is 20.9 Å². The summed E-state index contributed by atoms with van der Waals surface area (Å²) in [5.74, 6) is 1.23. The van der Waals surface area contributed by atoms with Gasteiger partial charge in [-0.3, -0.25) is 0 Å². The van der Waals surface area contributed by atoms with Crippen LogP contribution in [-0.4, -0.2) is 97.2 Å². The highest BCUT2D eigenvalue weighted by Gasteiger charge is 2.41. The van der Waals surface area contributed by atoms with E-state index < -0.39 is 24.4 Å². The fourth-order valence-electron chi connectivity index (χ4n) is 3.59. The van der Waals surface area contributed by atoms with Crippen LogP contribution in [0.1, 0.15) is 0 Å². The highest BCUT2D eigenvalue weighted by Crippen LogP contribution is 2.26. The SMILES string of the molecule is [N-]=[N+]=NC[C@H]1OCCOCCOc2ccccc2OCCOCCO[C@H](CN=[N+]=[N-])[C@H]2OCO[C@@H]21.